The monoisotopic (exact) mass is 337 g/mol. The Labute approximate surface area is 143 Å². The molecule has 0 bridgehead atoms. The van der Waals surface area contributed by atoms with Gasteiger partial charge >= 0.3 is 0 Å². The molecule has 8 heteroatoms. The third-order valence-electron chi connectivity index (χ3n) is 4.12. The molecule has 4 rings (SSSR count). The zero-order valence-electron chi connectivity index (χ0n) is 13.5. The molecule has 0 aliphatic carbocycles. The molecule has 0 atom stereocenters. The van der Waals surface area contributed by atoms with Crippen LogP contribution in [0.1, 0.15) is 38.3 Å². The highest BCUT2D eigenvalue weighted by molar-refractivity contribution is 6.21. The number of hydrogen-bond donors (Lipinski definition) is 0. The lowest BCUT2D eigenvalue weighted by molar-refractivity contribution is 0.0655. The molecular weight excluding hydrogens is 322 g/mol. The van der Waals surface area contributed by atoms with Gasteiger partial charge in [0.25, 0.3) is 11.8 Å². The van der Waals surface area contributed by atoms with Gasteiger partial charge in [-0.1, -0.05) is 17.3 Å². The van der Waals surface area contributed by atoms with Crippen LogP contribution in [0.15, 0.2) is 41.2 Å². The maximum absolute atomic E-state index is 12.4. The van der Waals surface area contributed by atoms with Gasteiger partial charge in [0, 0.05) is 32.3 Å². The molecule has 0 saturated heterocycles. The van der Waals surface area contributed by atoms with E-state index in [1.54, 1.807) is 37.4 Å². The molecule has 1 aliphatic rings. The van der Waals surface area contributed by atoms with E-state index in [9.17, 15) is 9.59 Å². The lowest BCUT2D eigenvalue weighted by Gasteiger charge is -2.14. The number of carbonyl (C=O) groups excluding carboxylic acids is 2. The summed E-state index contributed by atoms with van der Waals surface area (Å²) in [5, 5.41) is 3.87. The van der Waals surface area contributed by atoms with Gasteiger partial charge in [-0.15, -0.1) is 0 Å². The number of fused-ring (bicyclic) bond motifs is 1. The summed E-state index contributed by atoms with van der Waals surface area (Å²) in [6, 6.07) is 6.87. The van der Waals surface area contributed by atoms with Gasteiger partial charge in [0.1, 0.15) is 5.82 Å². The SMILES string of the molecule is Cc1nc(Cn2ccnc2CCN2C(=O)c3ccccc3C2=O)no1. The summed E-state index contributed by atoms with van der Waals surface area (Å²) in [5.74, 6) is 1.29. The fraction of sp³-hybridized carbons (Fsp3) is 0.235. The second-order valence-corrected chi connectivity index (χ2v) is 5.76. The summed E-state index contributed by atoms with van der Waals surface area (Å²) < 4.78 is 6.84. The molecule has 1 aliphatic heterocycles. The minimum Gasteiger partial charge on any atom is -0.340 e. The van der Waals surface area contributed by atoms with Gasteiger partial charge < -0.3 is 9.09 Å². The van der Waals surface area contributed by atoms with Crippen molar-refractivity contribution in [2.75, 3.05) is 6.54 Å². The van der Waals surface area contributed by atoms with Gasteiger partial charge in [0.2, 0.25) is 5.89 Å². The number of carbonyl (C=O) groups is 2. The van der Waals surface area contributed by atoms with Crippen molar-refractivity contribution in [2.24, 2.45) is 0 Å². The highest BCUT2D eigenvalue weighted by Crippen LogP contribution is 2.22. The second-order valence-electron chi connectivity index (χ2n) is 5.76. The van der Waals surface area contributed by atoms with Crippen LogP contribution in [0.4, 0.5) is 0 Å². The van der Waals surface area contributed by atoms with Crippen LogP contribution in [0.3, 0.4) is 0 Å². The van der Waals surface area contributed by atoms with Gasteiger partial charge in [-0.05, 0) is 12.1 Å². The van der Waals surface area contributed by atoms with Crippen LogP contribution in [0.25, 0.3) is 0 Å². The Morgan fingerprint density at radius 3 is 2.48 bits per heavy atom. The molecule has 1 aromatic carbocycles. The maximum atomic E-state index is 12.4. The Balaban J connectivity index is 1.47. The number of aryl methyl sites for hydroxylation is 1. The number of imide groups is 1. The first kappa shape index (κ1) is 15.3. The number of rotatable bonds is 5. The van der Waals surface area contributed by atoms with Crippen molar-refractivity contribution >= 4 is 11.8 Å². The van der Waals surface area contributed by atoms with Crippen molar-refractivity contribution in [1.29, 1.82) is 0 Å². The lowest BCUT2D eigenvalue weighted by Crippen LogP contribution is -2.32. The second kappa shape index (κ2) is 5.97. The first-order valence-corrected chi connectivity index (χ1v) is 7.88. The third-order valence-corrected chi connectivity index (χ3v) is 4.12. The minimum atomic E-state index is -0.257. The highest BCUT2D eigenvalue weighted by Gasteiger charge is 2.34. The number of benzene rings is 1. The van der Waals surface area contributed by atoms with E-state index in [2.05, 4.69) is 15.1 Å². The number of nitrogens with zero attached hydrogens (tertiary/aromatic N) is 5. The van der Waals surface area contributed by atoms with E-state index in [1.165, 1.54) is 4.90 Å². The van der Waals surface area contributed by atoms with E-state index < -0.39 is 0 Å². The van der Waals surface area contributed by atoms with Gasteiger partial charge in [-0.3, -0.25) is 14.5 Å². The summed E-state index contributed by atoms with van der Waals surface area (Å²) >= 11 is 0. The molecule has 3 aromatic rings. The molecule has 0 fully saturated rings. The minimum absolute atomic E-state index is 0.257. The molecule has 2 amide bonds. The van der Waals surface area contributed by atoms with Crippen molar-refractivity contribution in [3.63, 3.8) is 0 Å². The molecular formula is C17H15N5O3. The molecule has 126 valence electrons. The summed E-state index contributed by atoms with van der Waals surface area (Å²) in [7, 11) is 0. The summed E-state index contributed by atoms with van der Waals surface area (Å²) in [6.07, 6.45) is 3.93. The fourth-order valence-corrected chi connectivity index (χ4v) is 2.92. The maximum Gasteiger partial charge on any atom is 0.261 e. The molecule has 0 radical (unpaired) electrons. The number of hydrogen-bond acceptors (Lipinski definition) is 6. The standard InChI is InChI=1S/C17H15N5O3/c1-11-19-14(20-25-11)10-21-9-7-18-15(21)6-8-22-16(23)12-4-2-3-5-13(12)17(22)24/h2-5,7,9H,6,8,10H2,1H3. The van der Waals surface area contributed by atoms with Crippen molar-refractivity contribution in [3.05, 3.63) is 65.3 Å². The Hall–Kier alpha value is -3.29. The quantitative estimate of drug-likeness (QED) is 0.654. The van der Waals surface area contributed by atoms with E-state index >= 15 is 0 Å². The Morgan fingerprint density at radius 1 is 1.12 bits per heavy atom. The van der Waals surface area contributed by atoms with Crippen molar-refractivity contribution in [1.82, 2.24) is 24.6 Å². The largest absolute Gasteiger partial charge is 0.340 e. The molecule has 0 saturated carbocycles. The highest BCUT2D eigenvalue weighted by atomic mass is 16.5. The van der Waals surface area contributed by atoms with Gasteiger partial charge in [0.05, 0.1) is 17.7 Å². The first-order valence-electron chi connectivity index (χ1n) is 7.88. The van der Waals surface area contributed by atoms with E-state index in [4.69, 9.17) is 4.52 Å². The van der Waals surface area contributed by atoms with Crippen LogP contribution in [-0.4, -0.2) is 43.0 Å². The normalized spacial score (nSPS) is 13.6. The van der Waals surface area contributed by atoms with Crippen molar-refractivity contribution in [3.8, 4) is 0 Å². The molecule has 0 unspecified atom stereocenters. The molecule has 25 heavy (non-hydrogen) atoms. The number of amides is 2. The smallest absolute Gasteiger partial charge is 0.261 e. The Kier molecular flexibility index (Phi) is 3.64. The third kappa shape index (κ3) is 2.71. The average Bonchev–Trinajstić information content (AvgIpc) is 3.29. The first-order chi connectivity index (χ1) is 12.1. The van der Waals surface area contributed by atoms with Crippen LogP contribution in [0.5, 0.6) is 0 Å². The molecule has 0 spiro atoms. The van der Waals surface area contributed by atoms with Gasteiger partial charge in [0.15, 0.2) is 5.82 Å². The molecule has 2 aromatic heterocycles. The van der Waals surface area contributed by atoms with Crippen molar-refractivity contribution in [2.45, 2.75) is 19.9 Å². The zero-order valence-corrected chi connectivity index (χ0v) is 13.5. The van der Waals surface area contributed by atoms with E-state index in [-0.39, 0.29) is 18.4 Å². The van der Waals surface area contributed by atoms with E-state index in [0.29, 0.717) is 35.8 Å². The van der Waals surface area contributed by atoms with Crippen LogP contribution < -0.4 is 0 Å². The summed E-state index contributed by atoms with van der Waals surface area (Å²) in [4.78, 5) is 34.5. The predicted molar refractivity (Wildman–Crippen MR) is 85.9 cm³/mol. The molecule has 8 nitrogen and oxygen atoms in total. The zero-order chi connectivity index (χ0) is 17.4. The van der Waals surface area contributed by atoms with Crippen LogP contribution in [-0.2, 0) is 13.0 Å². The predicted octanol–water partition coefficient (Wildman–Crippen LogP) is 1.46. The topological polar surface area (TPSA) is 94.1 Å². The molecule has 3 heterocycles. The van der Waals surface area contributed by atoms with Crippen molar-refractivity contribution < 1.29 is 14.1 Å². The summed E-state index contributed by atoms with van der Waals surface area (Å²) in [6.45, 7) is 2.43. The van der Waals surface area contributed by atoms with Crippen LogP contribution >= 0.6 is 0 Å². The van der Waals surface area contributed by atoms with E-state index in [1.807, 2.05) is 10.8 Å². The number of aromatic nitrogens is 4. The van der Waals surface area contributed by atoms with E-state index in [0.717, 1.165) is 5.82 Å². The van der Waals surface area contributed by atoms with Gasteiger partial charge in [-0.2, -0.15) is 4.98 Å². The fourth-order valence-electron chi connectivity index (χ4n) is 2.92. The lowest BCUT2D eigenvalue weighted by atomic mass is 10.1. The Bertz CT molecular complexity index is 924. The van der Waals surface area contributed by atoms with Crippen LogP contribution in [0.2, 0.25) is 0 Å². The molecule has 0 N–H and O–H groups in total. The van der Waals surface area contributed by atoms with Gasteiger partial charge in [-0.25, -0.2) is 4.98 Å². The van der Waals surface area contributed by atoms with Crippen LogP contribution in [0, 0.1) is 6.92 Å². The number of imidazole rings is 1. The summed E-state index contributed by atoms with van der Waals surface area (Å²) in [5.41, 5.74) is 0.913. The Morgan fingerprint density at radius 2 is 1.84 bits per heavy atom. The average molecular weight is 337 g/mol.